The molecule has 0 saturated heterocycles. The largest absolute Gasteiger partial charge is 0.474 e. The summed E-state index contributed by atoms with van der Waals surface area (Å²) in [6.45, 7) is 5.17. The molecule has 1 fully saturated rings. The average molecular weight is 220 g/mol. The van der Waals surface area contributed by atoms with Gasteiger partial charge in [-0.1, -0.05) is 13.8 Å². The molecular weight excluding hydrogens is 200 g/mol. The van der Waals surface area contributed by atoms with Gasteiger partial charge in [-0.25, -0.2) is 4.98 Å². The predicted molar refractivity (Wildman–Crippen MR) is 64.5 cm³/mol. The zero-order valence-corrected chi connectivity index (χ0v) is 10.1. The number of pyridine rings is 1. The van der Waals surface area contributed by atoms with Crippen molar-refractivity contribution in [1.82, 2.24) is 10.3 Å². The molecule has 3 heteroatoms. The van der Waals surface area contributed by atoms with E-state index in [2.05, 4.69) is 24.1 Å². The highest BCUT2D eigenvalue weighted by molar-refractivity contribution is 5.20. The minimum absolute atomic E-state index is 0.404. The third kappa shape index (κ3) is 3.20. The monoisotopic (exact) mass is 220 g/mol. The molecule has 0 spiro atoms. The van der Waals surface area contributed by atoms with Crippen LogP contribution in [0.5, 0.6) is 5.88 Å². The fraction of sp³-hybridized carbons (Fsp3) is 0.615. The van der Waals surface area contributed by atoms with Crippen molar-refractivity contribution >= 4 is 0 Å². The van der Waals surface area contributed by atoms with Crippen molar-refractivity contribution in [2.45, 2.75) is 51.8 Å². The summed E-state index contributed by atoms with van der Waals surface area (Å²) in [4.78, 5) is 4.24. The van der Waals surface area contributed by atoms with E-state index in [4.69, 9.17) is 4.74 Å². The number of nitrogens with zero attached hydrogens (tertiary/aromatic N) is 1. The molecule has 0 aromatic carbocycles. The summed E-state index contributed by atoms with van der Waals surface area (Å²) in [5.74, 6) is 0.771. The molecule has 1 aromatic heterocycles. The number of hydrogen-bond acceptors (Lipinski definition) is 3. The van der Waals surface area contributed by atoms with E-state index in [9.17, 15) is 0 Å². The van der Waals surface area contributed by atoms with E-state index in [0.717, 1.165) is 12.4 Å². The van der Waals surface area contributed by atoms with Gasteiger partial charge in [0.1, 0.15) is 6.10 Å². The van der Waals surface area contributed by atoms with Gasteiger partial charge in [0, 0.05) is 24.8 Å². The van der Waals surface area contributed by atoms with Crippen LogP contribution < -0.4 is 10.1 Å². The molecule has 1 heterocycles. The molecule has 88 valence electrons. The Bertz CT molecular complexity index is 334. The standard InChI is InChI=1S/C13H20N2O/c1-10(2)15-9-11-6-7-14-13(8-11)16-12-4-3-5-12/h6-8,10,12,15H,3-5,9H2,1-2H3. The average Bonchev–Trinajstić information content (AvgIpc) is 2.21. The zero-order valence-electron chi connectivity index (χ0n) is 10.1. The van der Waals surface area contributed by atoms with Crippen LogP contribution in [0.15, 0.2) is 18.3 Å². The molecule has 3 nitrogen and oxygen atoms in total. The summed E-state index contributed by atoms with van der Waals surface area (Å²) >= 11 is 0. The highest BCUT2D eigenvalue weighted by atomic mass is 16.5. The number of nitrogens with one attached hydrogen (secondary N) is 1. The quantitative estimate of drug-likeness (QED) is 0.828. The molecule has 16 heavy (non-hydrogen) atoms. The first-order chi connectivity index (χ1) is 7.74. The Kier molecular flexibility index (Phi) is 3.78. The molecule has 1 N–H and O–H groups in total. The summed E-state index contributed by atoms with van der Waals surface area (Å²) in [5, 5.41) is 3.39. The van der Waals surface area contributed by atoms with Crippen LogP contribution in [0, 0.1) is 0 Å². The summed E-state index contributed by atoms with van der Waals surface area (Å²) < 4.78 is 5.76. The normalized spacial score (nSPS) is 16.2. The maximum Gasteiger partial charge on any atom is 0.213 e. The van der Waals surface area contributed by atoms with Gasteiger partial charge in [-0.05, 0) is 30.9 Å². The van der Waals surface area contributed by atoms with Crippen LogP contribution in [0.25, 0.3) is 0 Å². The minimum atomic E-state index is 0.404. The molecule has 0 radical (unpaired) electrons. The Labute approximate surface area is 97.2 Å². The maximum atomic E-state index is 5.76. The summed E-state index contributed by atoms with van der Waals surface area (Å²) in [7, 11) is 0. The van der Waals surface area contributed by atoms with E-state index in [1.165, 1.54) is 24.8 Å². The van der Waals surface area contributed by atoms with E-state index in [1.54, 1.807) is 0 Å². The first-order valence-corrected chi connectivity index (χ1v) is 6.09. The fourth-order valence-corrected chi connectivity index (χ4v) is 1.61. The molecule has 0 unspecified atom stereocenters. The van der Waals surface area contributed by atoms with Crippen molar-refractivity contribution < 1.29 is 4.74 Å². The van der Waals surface area contributed by atoms with E-state index in [1.807, 2.05) is 18.3 Å². The van der Waals surface area contributed by atoms with Gasteiger partial charge in [-0.2, -0.15) is 0 Å². The van der Waals surface area contributed by atoms with Crippen molar-refractivity contribution in [1.29, 1.82) is 0 Å². The van der Waals surface area contributed by atoms with Crippen molar-refractivity contribution in [3.05, 3.63) is 23.9 Å². The van der Waals surface area contributed by atoms with E-state index >= 15 is 0 Å². The Morgan fingerprint density at radius 2 is 2.31 bits per heavy atom. The molecule has 1 aliphatic rings. The highest BCUT2D eigenvalue weighted by Crippen LogP contribution is 2.24. The van der Waals surface area contributed by atoms with Crippen LogP contribution in [-0.2, 0) is 6.54 Å². The second-order valence-corrected chi connectivity index (χ2v) is 4.71. The first kappa shape index (κ1) is 11.4. The number of ether oxygens (including phenoxy) is 1. The first-order valence-electron chi connectivity index (χ1n) is 6.09. The van der Waals surface area contributed by atoms with Gasteiger partial charge in [-0.15, -0.1) is 0 Å². The lowest BCUT2D eigenvalue weighted by molar-refractivity contribution is 0.114. The van der Waals surface area contributed by atoms with Gasteiger partial charge in [0.2, 0.25) is 5.88 Å². The van der Waals surface area contributed by atoms with Crippen molar-refractivity contribution in [2.24, 2.45) is 0 Å². The van der Waals surface area contributed by atoms with E-state index in [-0.39, 0.29) is 0 Å². The lowest BCUT2D eigenvalue weighted by atomic mass is 9.96. The van der Waals surface area contributed by atoms with Gasteiger partial charge in [0.25, 0.3) is 0 Å². The van der Waals surface area contributed by atoms with Gasteiger partial charge in [-0.3, -0.25) is 0 Å². The molecule has 0 atom stereocenters. The van der Waals surface area contributed by atoms with Crippen LogP contribution in [0.1, 0.15) is 38.7 Å². The summed E-state index contributed by atoms with van der Waals surface area (Å²) in [6, 6.07) is 4.57. The minimum Gasteiger partial charge on any atom is -0.474 e. The maximum absolute atomic E-state index is 5.76. The van der Waals surface area contributed by atoms with Crippen LogP contribution >= 0.6 is 0 Å². The molecule has 0 amide bonds. The second kappa shape index (κ2) is 5.30. The molecule has 1 aromatic rings. The third-order valence-electron chi connectivity index (χ3n) is 2.85. The van der Waals surface area contributed by atoms with Crippen LogP contribution in [0.3, 0.4) is 0 Å². The van der Waals surface area contributed by atoms with Crippen molar-refractivity contribution in [3.63, 3.8) is 0 Å². The summed E-state index contributed by atoms with van der Waals surface area (Å²) in [6.07, 6.45) is 5.87. The number of hydrogen-bond donors (Lipinski definition) is 1. The third-order valence-corrected chi connectivity index (χ3v) is 2.85. The Hall–Kier alpha value is -1.09. The molecule has 2 rings (SSSR count). The molecule has 0 aliphatic heterocycles. The molecule has 1 saturated carbocycles. The zero-order chi connectivity index (χ0) is 11.4. The van der Waals surface area contributed by atoms with Crippen LogP contribution in [0.2, 0.25) is 0 Å². The Balaban J connectivity index is 1.90. The topological polar surface area (TPSA) is 34.2 Å². The fourth-order valence-electron chi connectivity index (χ4n) is 1.61. The lowest BCUT2D eigenvalue weighted by Gasteiger charge is -2.25. The van der Waals surface area contributed by atoms with Gasteiger partial charge >= 0.3 is 0 Å². The summed E-state index contributed by atoms with van der Waals surface area (Å²) in [5.41, 5.74) is 1.23. The number of aromatic nitrogens is 1. The molecule has 0 bridgehead atoms. The van der Waals surface area contributed by atoms with E-state index in [0.29, 0.717) is 12.1 Å². The lowest BCUT2D eigenvalue weighted by Crippen LogP contribution is -2.25. The van der Waals surface area contributed by atoms with E-state index < -0.39 is 0 Å². The van der Waals surface area contributed by atoms with Gasteiger partial charge in [0.15, 0.2) is 0 Å². The van der Waals surface area contributed by atoms with Gasteiger partial charge < -0.3 is 10.1 Å². The van der Waals surface area contributed by atoms with Gasteiger partial charge in [0.05, 0.1) is 0 Å². The molecule has 1 aliphatic carbocycles. The van der Waals surface area contributed by atoms with Crippen LogP contribution in [0.4, 0.5) is 0 Å². The Morgan fingerprint density at radius 3 is 2.94 bits per heavy atom. The van der Waals surface area contributed by atoms with Crippen molar-refractivity contribution in [3.8, 4) is 5.88 Å². The van der Waals surface area contributed by atoms with Crippen molar-refractivity contribution in [2.75, 3.05) is 0 Å². The molecular formula is C13H20N2O. The Morgan fingerprint density at radius 1 is 1.50 bits per heavy atom. The second-order valence-electron chi connectivity index (χ2n) is 4.71. The predicted octanol–water partition coefficient (Wildman–Crippen LogP) is 2.51. The van der Waals surface area contributed by atoms with Crippen LogP contribution in [-0.4, -0.2) is 17.1 Å². The SMILES string of the molecule is CC(C)NCc1ccnc(OC2CCC2)c1. The highest BCUT2D eigenvalue weighted by Gasteiger charge is 2.19. The number of rotatable bonds is 5. The smallest absolute Gasteiger partial charge is 0.213 e.